The van der Waals surface area contributed by atoms with E-state index in [4.69, 9.17) is 0 Å². The number of rotatable bonds is 0. The zero-order valence-corrected chi connectivity index (χ0v) is 6.10. The molecule has 2 saturated carbocycles. The topological polar surface area (TPSA) is 37.3 Å². The molecule has 3 aliphatic carbocycles. The van der Waals surface area contributed by atoms with E-state index in [9.17, 15) is 9.90 Å². The van der Waals surface area contributed by atoms with Crippen molar-refractivity contribution >= 4 is 5.78 Å². The number of hydrogen-bond donors (Lipinski definition) is 1. The molecule has 0 amide bonds. The third kappa shape index (κ3) is 0.486. The van der Waals surface area contributed by atoms with E-state index >= 15 is 0 Å². The van der Waals surface area contributed by atoms with Gasteiger partial charge in [-0.1, -0.05) is 12.2 Å². The Morgan fingerprint density at radius 3 is 2.82 bits per heavy atom. The Labute approximate surface area is 64.9 Å². The average molecular weight is 150 g/mol. The van der Waals surface area contributed by atoms with Crippen LogP contribution >= 0.6 is 0 Å². The van der Waals surface area contributed by atoms with Gasteiger partial charge in [-0.3, -0.25) is 4.79 Å². The lowest BCUT2D eigenvalue weighted by Crippen LogP contribution is -2.53. The first kappa shape index (κ1) is 5.95. The first-order valence-electron chi connectivity index (χ1n) is 4.19. The third-order valence-corrected chi connectivity index (χ3v) is 3.50. The second-order valence-electron chi connectivity index (χ2n) is 3.90. The highest BCUT2D eigenvalue weighted by atomic mass is 16.3. The van der Waals surface area contributed by atoms with Crippen molar-refractivity contribution in [2.24, 2.45) is 23.7 Å². The Hall–Kier alpha value is -0.630. The van der Waals surface area contributed by atoms with Gasteiger partial charge in [0.15, 0.2) is 5.78 Å². The summed E-state index contributed by atoms with van der Waals surface area (Å²) in [5, 5.41) is 9.33. The standard InChI is InChI=1S/C9H10O2/c10-8-6-4-1-2-5(3-4)7(6)9(8)11/h1-2,4-8,10H,3H2/t4-,5+,6-,7+,8-/m1/s1. The van der Waals surface area contributed by atoms with E-state index in [2.05, 4.69) is 12.2 Å². The van der Waals surface area contributed by atoms with Gasteiger partial charge in [0.25, 0.3) is 0 Å². The zero-order valence-electron chi connectivity index (χ0n) is 6.10. The average Bonchev–Trinajstić information content (AvgIpc) is 2.58. The summed E-state index contributed by atoms with van der Waals surface area (Å²) in [6.45, 7) is 0. The van der Waals surface area contributed by atoms with Crippen LogP contribution in [0.3, 0.4) is 0 Å². The molecular weight excluding hydrogens is 140 g/mol. The van der Waals surface area contributed by atoms with Crippen molar-refractivity contribution in [1.29, 1.82) is 0 Å². The minimum Gasteiger partial charge on any atom is -0.385 e. The van der Waals surface area contributed by atoms with Crippen molar-refractivity contribution in [2.45, 2.75) is 12.5 Å². The molecule has 2 heteroatoms. The molecular formula is C9H10O2. The molecule has 0 aromatic rings. The summed E-state index contributed by atoms with van der Waals surface area (Å²) in [5.74, 6) is 1.56. The maximum absolute atomic E-state index is 11.1. The van der Waals surface area contributed by atoms with Gasteiger partial charge in [0.1, 0.15) is 6.10 Å². The summed E-state index contributed by atoms with van der Waals surface area (Å²) in [6, 6.07) is 0. The maximum atomic E-state index is 11.1. The van der Waals surface area contributed by atoms with E-state index in [1.807, 2.05) is 0 Å². The minimum absolute atomic E-state index is 0.0897. The Balaban J connectivity index is 2.01. The van der Waals surface area contributed by atoms with Crippen LogP contribution in [0.1, 0.15) is 6.42 Å². The Kier molecular flexibility index (Phi) is 0.856. The number of aliphatic hydroxyl groups excluding tert-OH is 1. The van der Waals surface area contributed by atoms with E-state index in [1.165, 1.54) is 0 Å². The van der Waals surface area contributed by atoms with Crippen molar-refractivity contribution in [3.8, 4) is 0 Å². The molecule has 0 spiro atoms. The molecule has 0 radical (unpaired) electrons. The predicted octanol–water partition coefficient (Wildman–Crippen LogP) is 0.368. The first-order chi connectivity index (χ1) is 5.29. The lowest BCUT2D eigenvalue weighted by Gasteiger charge is -2.40. The summed E-state index contributed by atoms with van der Waals surface area (Å²) < 4.78 is 0. The summed E-state index contributed by atoms with van der Waals surface area (Å²) in [4.78, 5) is 11.1. The second-order valence-corrected chi connectivity index (χ2v) is 3.90. The molecule has 2 nitrogen and oxygen atoms in total. The molecule has 0 saturated heterocycles. The van der Waals surface area contributed by atoms with Gasteiger partial charge in [0.2, 0.25) is 0 Å². The number of hydrogen-bond acceptors (Lipinski definition) is 2. The summed E-state index contributed by atoms with van der Waals surface area (Å²) >= 11 is 0. The van der Waals surface area contributed by atoms with Crippen LogP contribution < -0.4 is 0 Å². The maximum Gasteiger partial charge on any atom is 0.165 e. The highest BCUT2D eigenvalue weighted by Gasteiger charge is 2.60. The van der Waals surface area contributed by atoms with E-state index in [1.54, 1.807) is 0 Å². The van der Waals surface area contributed by atoms with Gasteiger partial charge in [0, 0.05) is 11.8 Å². The SMILES string of the molecule is O=C1[C@@H]2[C@@H]([C@@H]3C=C[C@H]2C3)[C@H]1O. The predicted molar refractivity (Wildman–Crippen MR) is 38.7 cm³/mol. The van der Waals surface area contributed by atoms with Crippen LogP contribution in [0.5, 0.6) is 0 Å². The Morgan fingerprint density at radius 2 is 2.09 bits per heavy atom. The highest BCUT2D eigenvalue weighted by molar-refractivity contribution is 5.93. The molecule has 3 aliphatic rings. The van der Waals surface area contributed by atoms with Crippen LogP contribution in [0.25, 0.3) is 0 Å². The van der Waals surface area contributed by atoms with Gasteiger partial charge in [-0.05, 0) is 18.3 Å². The molecule has 0 heterocycles. The monoisotopic (exact) mass is 150 g/mol. The van der Waals surface area contributed by atoms with Crippen LogP contribution in [-0.4, -0.2) is 17.0 Å². The summed E-state index contributed by atoms with van der Waals surface area (Å²) in [7, 11) is 0. The summed E-state index contributed by atoms with van der Waals surface area (Å²) in [6.07, 6.45) is 4.80. The molecule has 0 aromatic heterocycles. The summed E-state index contributed by atoms with van der Waals surface area (Å²) in [5.41, 5.74) is 0. The second kappa shape index (κ2) is 1.58. The van der Waals surface area contributed by atoms with Crippen molar-refractivity contribution in [2.75, 3.05) is 0 Å². The number of ketones is 1. The third-order valence-electron chi connectivity index (χ3n) is 3.50. The molecule has 3 rings (SSSR count). The largest absolute Gasteiger partial charge is 0.385 e. The van der Waals surface area contributed by atoms with Gasteiger partial charge >= 0.3 is 0 Å². The fraction of sp³-hybridized carbons (Fsp3) is 0.667. The minimum atomic E-state index is -0.625. The molecule has 0 unspecified atom stereocenters. The van der Waals surface area contributed by atoms with E-state index in [0.29, 0.717) is 11.8 Å². The fourth-order valence-corrected chi connectivity index (χ4v) is 2.96. The Morgan fingerprint density at radius 1 is 1.36 bits per heavy atom. The quantitative estimate of drug-likeness (QED) is 0.506. The number of carbonyl (C=O) groups is 1. The molecule has 2 bridgehead atoms. The van der Waals surface area contributed by atoms with Gasteiger partial charge in [-0.15, -0.1) is 0 Å². The van der Waals surface area contributed by atoms with Crippen molar-refractivity contribution in [3.05, 3.63) is 12.2 Å². The van der Waals surface area contributed by atoms with Crippen molar-refractivity contribution in [3.63, 3.8) is 0 Å². The normalized spacial score (nSPS) is 57.9. The highest BCUT2D eigenvalue weighted by Crippen LogP contribution is 2.55. The molecule has 11 heavy (non-hydrogen) atoms. The van der Waals surface area contributed by atoms with E-state index < -0.39 is 6.10 Å². The van der Waals surface area contributed by atoms with Crippen molar-refractivity contribution < 1.29 is 9.90 Å². The Bertz CT molecular complexity index is 256. The smallest absolute Gasteiger partial charge is 0.165 e. The molecule has 2 fully saturated rings. The fourth-order valence-electron chi connectivity index (χ4n) is 2.96. The lowest BCUT2D eigenvalue weighted by molar-refractivity contribution is -0.153. The van der Waals surface area contributed by atoms with E-state index in [-0.39, 0.29) is 17.6 Å². The van der Waals surface area contributed by atoms with Crippen LogP contribution in [0.2, 0.25) is 0 Å². The van der Waals surface area contributed by atoms with Gasteiger partial charge in [-0.2, -0.15) is 0 Å². The van der Waals surface area contributed by atoms with Crippen LogP contribution in [-0.2, 0) is 4.79 Å². The molecule has 0 aliphatic heterocycles. The molecule has 1 N–H and O–H groups in total. The number of carbonyl (C=O) groups excluding carboxylic acids is 1. The lowest BCUT2D eigenvalue weighted by atomic mass is 9.65. The van der Waals surface area contributed by atoms with Gasteiger partial charge < -0.3 is 5.11 Å². The molecule has 5 atom stereocenters. The molecule has 58 valence electrons. The number of allylic oxidation sites excluding steroid dienone is 2. The first-order valence-corrected chi connectivity index (χ1v) is 4.19. The number of Topliss-reactive ketones (excluding diaryl/α,β-unsaturated/α-hetero) is 1. The van der Waals surface area contributed by atoms with Crippen molar-refractivity contribution in [1.82, 2.24) is 0 Å². The number of aliphatic hydroxyl groups is 1. The van der Waals surface area contributed by atoms with Gasteiger partial charge in [0.05, 0.1) is 0 Å². The van der Waals surface area contributed by atoms with Crippen LogP contribution in [0.4, 0.5) is 0 Å². The van der Waals surface area contributed by atoms with Crippen LogP contribution in [0, 0.1) is 23.7 Å². The van der Waals surface area contributed by atoms with Gasteiger partial charge in [-0.25, -0.2) is 0 Å². The van der Waals surface area contributed by atoms with E-state index in [0.717, 1.165) is 6.42 Å². The van der Waals surface area contributed by atoms with Crippen LogP contribution in [0.15, 0.2) is 12.2 Å². The molecule has 0 aromatic carbocycles. The number of fused-ring (bicyclic) bond motifs is 5. The zero-order chi connectivity index (χ0) is 7.59.